The van der Waals surface area contributed by atoms with E-state index in [-0.39, 0.29) is 0 Å². The summed E-state index contributed by atoms with van der Waals surface area (Å²) in [4.78, 5) is 11.4. The molecule has 1 rings (SSSR count). The average molecular weight is 212 g/mol. The zero-order chi connectivity index (χ0) is 11.6. The fraction of sp³-hybridized carbons (Fsp3) is 0.667. The van der Waals surface area contributed by atoms with Gasteiger partial charge in [-0.15, -0.1) is 10.2 Å². The van der Waals surface area contributed by atoms with E-state index in [9.17, 15) is 4.79 Å². The summed E-state index contributed by atoms with van der Waals surface area (Å²) >= 11 is 0. The van der Waals surface area contributed by atoms with Gasteiger partial charge in [-0.2, -0.15) is 0 Å². The quantitative estimate of drug-likeness (QED) is 0.763. The Morgan fingerprint density at radius 1 is 1.27 bits per heavy atom. The van der Waals surface area contributed by atoms with E-state index in [0.717, 1.165) is 0 Å². The van der Waals surface area contributed by atoms with Crippen LogP contribution in [0, 0.1) is 13.8 Å². The first kappa shape index (κ1) is 11.5. The van der Waals surface area contributed by atoms with Crippen LogP contribution in [-0.4, -0.2) is 26.6 Å². The molecule has 1 N–H and O–H groups in total. The van der Waals surface area contributed by atoms with Gasteiger partial charge in [0.05, 0.1) is 0 Å². The van der Waals surface area contributed by atoms with E-state index < -0.39 is 11.7 Å². The molecule has 0 aliphatic heterocycles. The summed E-state index contributed by atoms with van der Waals surface area (Å²) in [5, 5.41) is 7.62. The number of carbonyl (C=O) groups excluding carboxylic acids is 1. The minimum absolute atomic E-state index is 0.514. The molecular weight excluding hydrogens is 196 g/mol. The number of amides is 1. The molecule has 0 atom stereocenters. The Morgan fingerprint density at radius 3 is 2.13 bits per heavy atom. The van der Waals surface area contributed by atoms with Crippen molar-refractivity contribution in [3.63, 3.8) is 0 Å². The van der Waals surface area contributed by atoms with Gasteiger partial charge in [0.1, 0.15) is 17.2 Å². The molecule has 0 saturated heterocycles. The first-order chi connectivity index (χ1) is 6.79. The summed E-state index contributed by atoms with van der Waals surface area (Å²) in [6, 6.07) is 0. The topological polar surface area (TPSA) is 69.0 Å². The Morgan fingerprint density at radius 2 is 1.73 bits per heavy atom. The van der Waals surface area contributed by atoms with Crippen LogP contribution in [0.2, 0.25) is 0 Å². The summed E-state index contributed by atoms with van der Waals surface area (Å²) < 4.78 is 6.57. The zero-order valence-electron chi connectivity index (χ0n) is 9.66. The maximum absolute atomic E-state index is 11.4. The van der Waals surface area contributed by atoms with Crippen molar-refractivity contribution in [1.29, 1.82) is 0 Å². The number of nitrogens with one attached hydrogen (secondary N) is 1. The van der Waals surface area contributed by atoms with Crippen LogP contribution in [0.1, 0.15) is 32.4 Å². The molecule has 0 aliphatic rings. The Balaban J connectivity index is 2.67. The van der Waals surface area contributed by atoms with Crippen LogP contribution in [0.3, 0.4) is 0 Å². The van der Waals surface area contributed by atoms with E-state index in [1.54, 1.807) is 34.6 Å². The molecule has 15 heavy (non-hydrogen) atoms. The predicted molar refractivity (Wildman–Crippen MR) is 55.1 cm³/mol. The number of nitrogens with zero attached hydrogens (tertiary/aromatic N) is 3. The molecule has 0 fully saturated rings. The van der Waals surface area contributed by atoms with Crippen LogP contribution in [0.4, 0.5) is 4.79 Å². The number of carbonyl (C=O) groups is 1. The monoisotopic (exact) mass is 212 g/mol. The van der Waals surface area contributed by atoms with E-state index in [1.165, 1.54) is 4.68 Å². The van der Waals surface area contributed by atoms with Crippen molar-refractivity contribution in [2.45, 2.75) is 40.2 Å². The number of hydrogen-bond donors (Lipinski definition) is 1. The second-order valence-corrected chi connectivity index (χ2v) is 4.24. The van der Waals surface area contributed by atoms with Crippen molar-refractivity contribution in [3.8, 4) is 0 Å². The van der Waals surface area contributed by atoms with Crippen LogP contribution in [-0.2, 0) is 4.74 Å². The van der Waals surface area contributed by atoms with Crippen molar-refractivity contribution < 1.29 is 9.53 Å². The van der Waals surface area contributed by atoms with Gasteiger partial charge in [0.15, 0.2) is 0 Å². The second-order valence-electron chi connectivity index (χ2n) is 4.24. The van der Waals surface area contributed by atoms with Gasteiger partial charge < -0.3 is 4.74 Å². The predicted octanol–water partition coefficient (Wildman–Crippen LogP) is 1.37. The van der Waals surface area contributed by atoms with Crippen LogP contribution in [0.25, 0.3) is 0 Å². The molecule has 0 aromatic carbocycles. The highest BCUT2D eigenvalue weighted by Gasteiger charge is 2.17. The third kappa shape index (κ3) is 3.23. The normalized spacial score (nSPS) is 11.3. The van der Waals surface area contributed by atoms with E-state index in [0.29, 0.717) is 11.6 Å². The average Bonchev–Trinajstić information content (AvgIpc) is 2.32. The Labute approximate surface area is 88.6 Å². The lowest BCUT2D eigenvalue weighted by Gasteiger charge is -2.20. The van der Waals surface area contributed by atoms with Crippen LogP contribution < -0.4 is 5.43 Å². The second kappa shape index (κ2) is 3.88. The summed E-state index contributed by atoms with van der Waals surface area (Å²) in [6.45, 7) is 8.91. The van der Waals surface area contributed by atoms with Gasteiger partial charge in [0, 0.05) is 0 Å². The summed E-state index contributed by atoms with van der Waals surface area (Å²) in [5.41, 5.74) is 2.03. The third-order valence-corrected chi connectivity index (χ3v) is 1.59. The number of hydrogen-bond acceptors (Lipinski definition) is 4. The van der Waals surface area contributed by atoms with E-state index in [4.69, 9.17) is 4.74 Å². The lowest BCUT2D eigenvalue weighted by Crippen LogP contribution is -2.32. The smallest absolute Gasteiger partial charge is 0.427 e. The van der Waals surface area contributed by atoms with Crippen molar-refractivity contribution in [2.75, 3.05) is 5.43 Å². The molecule has 6 nitrogen and oxygen atoms in total. The SMILES string of the molecule is Cc1nnc(C)n1NC(=O)OC(C)(C)C. The number of aryl methyl sites for hydroxylation is 2. The lowest BCUT2D eigenvalue weighted by molar-refractivity contribution is 0.0611. The van der Waals surface area contributed by atoms with Crippen LogP contribution in [0.15, 0.2) is 0 Å². The molecular formula is C9H16N4O2. The molecule has 1 heterocycles. The van der Waals surface area contributed by atoms with Gasteiger partial charge in [-0.1, -0.05) is 0 Å². The maximum atomic E-state index is 11.4. The van der Waals surface area contributed by atoms with Crippen molar-refractivity contribution >= 4 is 6.09 Å². The Hall–Kier alpha value is -1.59. The largest absolute Gasteiger partial charge is 0.443 e. The van der Waals surface area contributed by atoms with Gasteiger partial charge in [-0.25, -0.2) is 14.9 Å². The van der Waals surface area contributed by atoms with Crippen molar-refractivity contribution in [2.24, 2.45) is 0 Å². The van der Waals surface area contributed by atoms with Crippen molar-refractivity contribution in [1.82, 2.24) is 14.9 Å². The van der Waals surface area contributed by atoms with Gasteiger partial charge >= 0.3 is 6.09 Å². The minimum Gasteiger partial charge on any atom is -0.443 e. The van der Waals surface area contributed by atoms with Crippen molar-refractivity contribution in [3.05, 3.63) is 11.6 Å². The molecule has 1 aromatic heterocycles. The van der Waals surface area contributed by atoms with E-state index in [1.807, 2.05) is 0 Å². The molecule has 6 heteroatoms. The van der Waals surface area contributed by atoms with Gasteiger partial charge in [0.2, 0.25) is 0 Å². The number of aromatic nitrogens is 3. The summed E-state index contributed by atoms with van der Waals surface area (Å²) in [7, 11) is 0. The number of rotatable bonds is 1. The minimum atomic E-state index is -0.520. The maximum Gasteiger partial charge on any atom is 0.427 e. The van der Waals surface area contributed by atoms with Gasteiger partial charge in [0.25, 0.3) is 0 Å². The van der Waals surface area contributed by atoms with E-state index >= 15 is 0 Å². The first-order valence-electron chi connectivity index (χ1n) is 4.68. The number of ether oxygens (including phenoxy) is 1. The Bertz CT molecular complexity index is 345. The molecule has 1 amide bonds. The highest BCUT2D eigenvalue weighted by molar-refractivity contribution is 5.76. The molecule has 0 aliphatic carbocycles. The molecule has 0 spiro atoms. The molecule has 84 valence electrons. The van der Waals surface area contributed by atoms with Gasteiger partial charge in [-0.05, 0) is 34.6 Å². The summed E-state index contributed by atoms with van der Waals surface area (Å²) in [6.07, 6.45) is -0.520. The fourth-order valence-corrected chi connectivity index (χ4v) is 1.02. The third-order valence-electron chi connectivity index (χ3n) is 1.59. The van der Waals surface area contributed by atoms with Crippen LogP contribution >= 0.6 is 0 Å². The molecule has 1 aromatic rings. The lowest BCUT2D eigenvalue weighted by atomic mass is 10.2. The van der Waals surface area contributed by atoms with Gasteiger partial charge in [-0.3, -0.25) is 0 Å². The zero-order valence-corrected chi connectivity index (χ0v) is 9.66. The fourth-order valence-electron chi connectivity index (χ4n) is 1.02. The highest BCUT2D eigenvalue weighted by Crippen LogP contribution is 2.07. The highest BCUT2D eigenvalue weighted by atomic mass is 16.6. The molecule has 0 bridgehead atoms. The molecule has 0 radical (unpaired) electrons. The molecule has 0 saturated carbocycles. The van der Waals surface area contributed by atoms with E-state index in [2.05, 4.69) is 15.6 Å². The summed E-state index contributed by atoms with van der Waals surface area (Å²) in [5.74, 6) is 1.22. The standard InChI is InChI=1S/C9H16N4O2/c1-6-10-11-7(2)13(6)12-8(14)15-9(3,4)5/h1-5H3,(H,12,14). The first-order valence-corrected chi connectivity index (χ1v) is 4.68. The van der Waals surface area contributed by atoms with Crippen LogP contribution in [0.5, 0.6) is 0 Å². The molecule has 0 unspecified atom stereocenters. The Kier molecular flexibility index (Phi) is 2.97.